The lowest BCUT2D eigenvalue weighted by Gasteiger charge is -2.44. The zero-order chi connectivity index (χ0) is 30.5. The van der Waals surface area contributed by atoms with E-state index in [1.807, 2.05) is 56.0 Å². The van der Waals surface area contributed by atoms with Gasteiger partial charge in [0.1, 0.15) is 24.0 Å². The molecule has 3 aromatic carbocycles. The van der Waals surface area contributed by atoms with Crippen LogP contribution in [0.1, 0.15) is 60.4 Å². The van der Waals surface area contributed by atoms with Gasteiger partial charge in [0.15, 0.2) is 5.78 Å². The van der Waals surface area contributed by atoms with Crippen molar-refractivity contribution in [1.29, 1.82) is 5.26 Å². The molecule has 0 amide bonds. The molecule has 1 atom stereocenters. The monoisotopic (exact) mass is 603 g/mol. The summed E-state index contributed by atoms with van der Waals surface area (Å²) in [6.45, 7) is 10.2. The standard InChI is InChI=1S/C34H32Cl2FN3O2/c1-18-10-21(17-42-30-9-8-23(37)13-26(30)36)20(3)24(11-18)31-25(16-38)33(39)40(27-12-22(35)7-6-19(27)2)28-14-34(4,5)15-29(41)32(28)31/h6-13,31H,14-15,17,39H2,1-5H3. The zero-order valence-electron chi connectivity index (χ0n) is 24.2. The Morgan fingerprint density at radius 3 is 2.52 bits per heavy atom. The summed E-state index contributed by atoms with van der Waals surface area (Å²) in [5.41, 5.74) is 13.4. The summed E-state index contributed by atoms with van der Waals surface area (Å²) in [6, 6.07) is 15.9. The number of ether oxygens (including phenoxy) is 1. The molecule has 0 bridgehead atoms. The van der Waals surface area contributed by atoms with E-state index >= 15 is 0 Å². The number of nitrogens with two attached hydrogens (primary N) is 1. The van der Waals surface area contributed by atoms with Crippen LogP contribution in [0.25, 0.3) is 0 Å². The minimum Gasteiger partial charge on any atom is -0.487 e. The van der Waals surface area contributed by atoms with Crippen LogP contribution < -0.4 is 15.4 Å². The average Bonchev–Trinajstić information content (AvgIpc) is 2.90. The molecule has 0 saturated heterocycles. The maximum absolute atomic E-state index is 14.0. The normalized spacial score (nSPS) is 18.2. The van der Waals surface area contributed by atoms with Crippen molar-refractivity contribution in [1.82, 2.24) is 0 Å². The van der Waals surface area contributed by atoms with Gasteiger partial charge in [0, 0.05) is 22.7 Å². The number of nitrogens with zero attached hydrogens (tertiary/aromatic N) is 2. The van der Waals surface area contributed by atoms with E-state index in [2.05, 4.69) is 19.9 Å². The van der Waals surface area contributed by atoms with E-state index in [1.54, 1.807) is 0 Å². The molecule has 5 rings (SSSR count). The van der Waals surface area contributed by atoms with Crippen molar-refractivity contribution in [2.75, 3.05) is 4.90 Å². The summed E-state index contributed by atoms with van der Waals surface area (Å²) < 4.78 is 19.5. The topological polar surface area (TPSA) is 79.3 Å². The maximum atomic E-state index is 14.0. The van der Waals surface area contributed by atoms with E-state index in [0.717, 1.165) is 39.2 Å². The number of hydrogen-bond acceptors (Lipinski definition) is 5. The molecule has 1 aliphatic carbocycles. The third-order valence-corrected chi connectivity index (χ3v) is 8.61. The highest BCUT2D eigenvalue weighted by molar-refractivity contribution is 6.32. The fourth-order valence-corrected chi connectivity index (χ4v) is 6.47. The predicted molar refractivity (Wildman–Crippen MR) is 165 cm³/mol. The summed E-state index contributed by atoms with van der Waals surface area (Å²) in [5, 5.41) is 11.3. The lowest BCUT2D eigenvalue weighted by Crippen LogP contribution is -2.42. The van der Waals surface area contributed by atoms with Crippen LogP contribution in [-0.2, 0) is 11.4 Å². The smallest absolute Gasteiger partial charge is 0.162 e. The van der Waals surface area contributed by atoms with Crippen LogP contribution in [0, 0.1) is 43.3 Å². The lowest BCUT2D eigenvalue weighted by atomic mass is 9.67. The van der Waals surface area contributed by atoms with Gasteiger partial charge >= 0.3 is 0 Å². The summed E-state index contributed by atoms with van der Waals surface area (Å²) in [7, 11) is 0. The highest BCUT2D eigenvalue weighted by Gasteiger charge is 2.45. The van der Waals surface area contributed by atoms with Crippen LogP contribution >= 0.6 is 23.2 Å². The maximum Gasteiger partial charge on any atom is 0.162 e. The first-order chi connectivity index (χ1) is 19.8. The Bertz CT molecular complexity index is 1740. The Balaban J connectivity index is 1.68. The van der Waals surface area contributed by atoms with Gasteiger partial charge in [0.05, 0.1) is 28.3 Å². The van der Waals surface area contributed by atoms with Crippen molar-refractivity contribution in [2.45, 2.75) is 60.0 Å². The number of carbonyl (C=O) groups is 1. The van der Waals surface area contributed by atoms with Crippen molar-refractivity contribution in [2.24, 2.45) is 11.1 Å². The third-order valence-electron chi connectivity index (χ3n) is 8.08. The number of carbonyl (C=O) groups excluding carboxylic acids is 1. The molecule has 8 heteroatoms. The van der Waals surface area contributed by atoms with Crippen molar-refractivity contribution in [3.05, 3.63) is 115 Å². The number of rotatable bonds is 5. The summed E-state index contributed by atoms with van der Waals surface area (Å²) in [5.74, 6) is -0.444. The van der Waals surface area contributed by atoms with Gasteiger partial charge in [-0.1, -0.05) is 60.8 Å². The SMILES string of the molecule is Cc1cc(COc2ccc(F)cc2Cl)c(C)c(C2C(C#N)=C(N)N(c3cc(Cl)ccc3C)C3=C2C(=O)CC(C)(C)C3)c1. The quantitative estimate of drug-likeness (QED) is 0.316. The number of hydrogen-bond donors (Lipinski definition) is 1. The Hall–Kier alpha value is -3.79. The Morgan fingerprint density at radius 1 is 1.10 bits per heavy atom. The van der Waals surface area contributed by atoms with Gasteiger partial charge in [-0.05, 0) is 85.2 Å². The van der Waals surface area contributed by atoms with Gasteiger partial charge in [-0.3, -0.25) is 9.69 Å². The second-order valence-corrected chi connectivity index (χ2v) is 12.8. The lowest BCUT2D eigenvalue weighted by molar-refractivity contribution is -0.118. The zero-order valence-corrected chi connectivity index (χ0v) is 25.8. The highest BCUT2D eigenvalue weighted by Crippen LogP contribution is 2.51. The van der Waals surface area contributed by atoms with Crippen molar-refractivity contribution < 1.29 is 13.9 Å². The molecular formula is C34H32Cl2FN3O2. The fourth-order valence-electron chi connectivity index (χ4n) is 6.08. The largest absolute Gasteiger partial charge is 0.487 e. The molecule has 0 radical (unpaired) electrons. The number of halogens is 3. The van der Waals surface area contributed by atoms with E-state index in [1.165, 1.54) is 18.2 Å². The first-order valence-corrected chi connectivity index (χ1v) is 14.5. The van der Waals surface area contributed by atoms with E-state index in [-0.39, 0.29) is 28.6 Å². The highest BCUT2D eigenvalue weighted by atomic mass is 35.5. The molecule has 1 aliphatic heterocycles. The average molecular weight is 605 g/mol. The first-order valence-electron chi connectivity index (χ1n) is 13.7. The molecule has 0 aromatic heterocycles. The molecule has 0 saturated carbocycles. The summed E-state index contributed by atoms with van der Waals surface area (Å²) in [6.07, 6.45) is 0.951. The number of benzene rings is 3. The second kappa shape index (κ2) is 11.1. The van der Waals surface area contributed by atoms with Gasteiger partial charge in [-0.25, -0.2) is 4.39 Å². The van der Waals surface area contributed by atoms with E-state index in [0.29, 0.717) is 34.8 Å². The Kier molecular flexibility index (Phi) is 7.87. The molecule has 0 spiro atoms. The molecule has 5 nitrogen and oxygen atoms in total. The van der Waals surface area contributed by atoms with E-state index < -0.39 is 11.7 Å². The third kappa shape index (κ3) is 5.40. The molecule has 42 heavy (non-hydrogen) atoms. The summed E-state index contributed by atoms with van der Waals surface area (Å²) in [4.78, 5) is 15.9. The van der Waals surface area contributed by atoms with Crippen LogP contribution in [0.5, 0.6) is 5.75 Å². The minimum atomic E-state index is -0.641. The fraction of sp³-hybridized carbons (Fsp3) is 0.294. The van der Waals surface area contributed by atoms with Gasteiger partial charge < -0.3 is 10.5 Å². The summed E-state index contributed by atoms with van der Waals surface area (Å²) >= 11 is 12.6. The second-order valence-electron chi connectivity index (χ2n) is 11.9. The number of aryl methyl sites for hydroxylation is 2. The van der Waals surface area contributed by atoms with E-state index in [9.17, 15) is 14.4 Å². The van der Waals surface area contributed by atoms with Crippen LogP contribution in [0.15, 0.2) is 71.2 Å². The predicted octanol–water partition coefficient (Wildman–Crippen LogP) is 8.58. The Morgan fingerprint density at radius 2 is 1.83 bits per heavy atom. The van der Waals surface area contributed by atoms with Crippen LogP contribution in [0.4, 0.5) is 10.1 Å². The minimum absolute atomic E-state index is 0.00650. The number of ketones is 1. The van der Waals surface area contributed by atoms with Crippen LogP contribution in [0.3, 0.4) is 0 Å². The van der Waals surface area contributed by atoms with Crippen molar-refractivity contribution >= 4 is 34.7 Å². The molecule has 1 heterocycles. The first kappa shape index (κ1) is 29.7. The number of allylic oxidation sites excluding steroid dienone is 3. The Labute approximate surface area is 256 Å². The molecule has 0 fully saturated rings. The molecule has 2 aliphatic rings. The number of Topliss-reactive ketones (excluding diaryl/α,β-unsaturated/α-hetero) is 1. The van der Waals surface area contributed by atoms with Gasteiger partial charge in [-0.15, -0.1) is 0 Å². The van der Waals surface area contributed by atoms with Crippen LogP contribution in [-0.4, -0.2) is 5.78 Å². The van der Waals surface area contributed by atoms with Gasteiger partial charge in [0.2, 0.25) is 0 Å². The van der Waals surface area contributed by atoms with E-state index in [4.69, 9.17) is 33.7 Å². The molecule has 2 N–H and O–H groups in total. The molecule has 216 valence electrons. The molecule has 1 unspecified atom stereocenters. The van der Waals surface area contributed by atoms with Crippen LogP contribution in [0.2, 0.25) is 10.0 Å². The van der Waals surface area contributed by atoms with Crippen molar-refractivity contribution in [3.63, 3.8) is 0 Å². The number of nitriles is 1. The van der Waals surface area contributed by atoms with Gasteiger partial charge in [-0.2, -0.15) is 5.26 Å². The molecular weight excluding hydrogens is 572 g/mol. The number of anilines is 1. The van der Waals surface area contributed by atoms with Crippen molar-refractivity contribution in [3.8, 4) is 11.8 Å². The van der Waals surface area contributed by atoms with Gasteiger partial charge in [0.25, 0.3) is 0 Å². The molecule has 3 aromatic rings.